The molecular formula is C23H19N5O2. The average Bonchev–Trinajstić information content (AvgIpc) is 3.30. The van der Waals surface area contributed by atoms with E-state index in [1.54, 1.807) is 18.3 Å². The lowest BCUT2D eigenvalue weighted by molar-refractivity contribution is 0.0950. The van der Waals surface area contributed by atoms with Gasteiger partial charge in [0.1, 0.15) is 18.1 Å². The molecule has 30 heavy (non-hydrogen) atoms. The predicted molar refractivity (Wildman–Crippen MR) is 114 cm³/mol. The smallest absolute Gasteiger partial charge is 0.289 e. The van der Waals surface area contributed by atoms with Gasteiger partial charge in [0.25, 0.3) is 5.91 Å². The highest BCUT2D eigenvalue weighted by molar-refractivity contribution is 5.94. The quantitative estimate of drug-likeness (QED) is 0.366. The highest BCUT2D eigenvalue weighted by atomic mass is 16.5. The van der Waals surface area contributed by atoms with Crippen molar-refractivity contribution < 1.29 is 9.53 Å². The first kappa shape index (κ1) is 19.1. The molecule has 0 aliphatic carbocycles. The molecule has 4 aromatic rings. The van der Waals surface area contributed by atoms with E-state index in [1.807, 2.05) is 66.7 Å². The summed E-state index contributed by atoms with van der Waals surface area (Å²) in [6.07, 6.45) is 3.13. The SMILES string of the molecule is O=C(N/N=C/c1ccccn1)c1cc(-c2cccc(OCc3ccccc3)c2)n[nH]1. The van der Waals surface area contributed by atoms with Crippen LogP contribution in [0.5, 0.6) is 5.75 Å². The lowest BCUT2D eigenvalue weighted by Crippen LogP contribution is -2.18. The van der Waals surface area contributed by atoms with E-state index in [4.69, 9.17) is 4.74 Å². The van der Waals surface area contributed by atoms with Crippen molar-refractivity contribution in [3.8, 4) is 17.0 Å². The Bertz CT molecular complexity index is 1140. The zero-order valence-electron chi connectivity index (χ0n) is 16.0. The number of H-pyrrole nitrogens is 1. The Labute approximate surface area is 173 Å². The average molecular weight is 397 g/mol. The number of aromatic amines is 1. The summed E-state index contributed by atoms with van der Waals surface area (Å²) in [5, 5.41) is 10.9. The van der Waals surface area contributed by atoms with Gasteiger partial charge in [-0.2, -0.15) is 10.2 Å². The number of amides is 1. The number of ether oxygens (including phenoxy) is 1. The first-order valence-corrected chi connectivity index (χ1v) is 9.35. The van der Waals surface area contributed by atoms with Crippen LogP contribution in [-0.4, -0.2) is 27.3 Å². The standard InChI is InChI=1S/C23H19N5O2/c29-23(28-25-15-19-10-4-5-12-24-19)22-14-21(26-27-22)18-9-6-11-20(13-18)30-16-17-7-2-1-3-8-17/h1-15H,16H2,(H,26,27)(H,28,29)/b25-15+. The summed E-state index contributed by atoms with van der Waals surface area (Å²) >= 11 is 0. The fraction of sp³-hybridized carbons (Fsp3) is 0.0435. The van der Waals surface area contributed by atoms with E-state index in [9.17, 15) is 4.79 Å². The number of hydrogen-bond donors (Lipinski definition) is 2. The van der Waals surface area contributed by atoms with Crippen molar-refractivity contribution in [1.29, 1.82) is 0 Å². The van der Waals surface area contributed by atoms with Gasteiger partial charge < -0.3 is 4.74 Å². The van der Waals surface area contributed by atoms with E-state index in [0.29, 0.717) is 23.7 Å². The second-order valence-electron chi connectivity index (χ2n) is 6.42. The topological polar surface area (TPSA) is 92.3 Å². The molecule has 0 bridgehead atoms. The van der Waals surface area contributed by atoms with E-state index in [1.165, 1.54) is 6.21 Å². The van der Waals surface area contributed by atoms with Gasteiger partial charge in [-0.1, -0.05) is 48.5 Å². The predicted octanol–water partition coefficient (Wildman–Crippen LogP) is 3.81. The minimum atomic E-state index is -0.391. The van der Waals surface area contributed by atoms with Crippen LogP contribution >= 0.6 is 0 Å². The maximum absolute atomic E-state index is 12.3. The number of aromatic nitrogens is 3. The molecule has 2 aromatic carbocycles. The van der Waals surface area contributed by atoms with Crippen molar-refractivity contribution >= 4 is 12.1 Å². The number of hydrogen-bond acceptors (Lipinski definition) is 5. The van der Waals surface area contributed by atoms with Crippen LogP contribution in [0.4, 0.5) is 0 Å². The molecule has 2 N–H and O–H groups in total. The number of hydrazone groups is 1. The van der Waals surface area contributed by atoms with Crippen molar-refractivity contribution in [2.24, 2.45) is 5.10 Å². The molecule has 0 atom stereocenters. The zero-order chi connectivity index (χ0) is 20.6. The summed E-state index contributed by atoms with van der Waals surface area (Å²) in [7, 11) is 0. The number of carbonyl (C=O) groups excluding carboxylic acids is 1. The van der Waals surface area contributed by atoms with E-state index in [0.717, 1.165) is 16.9 Å². The summed E-state index contributed by atoms with van der Waals surface area (Å²) < 4.78 is 5.86. The lowest BCUT2D eigenvalue weighted by atomic mass is 10.1. The van der Waals surface area contributed by atoms with Gasteiger partial charge in [-0.25, -0.2) is 5.43 Å². The van der Waals surface area contributed by atoms with Crippen LogP contribution in [0.2, 0.25) is 0 Å². The maximum Gasteiger partial charge on any atom is 0.289 e. The highest BCUT2D eigenvalue weighted by Crippen LogP contribution is 2.23. The van der Waals surface area contributed by atoms with Crippen LogP contribution in [0.15, 0.2) is 90.2 Å². The first-order valence-electron chi connectivity index (χ1n) is 9.35. The molecule has 7 heteroatoms. The third-order valence-electron chi connectivity index (χ3n) is 4.25. The number of pyridine rings is 1. The van der Waals surface area contributed by atoms with E-state index in [2.05, 4.69) is 25.7 Å². The van der Waals surface area contributed by atoms with Gasteiger partial charge in [0.05, 0.1) is 17.6 Å². The molecule has 0 fully saturated rings. The maximum atomic E-state index is 12.3. The molecule has 0 saturated heterocycles. The summed E-state index contributed by atoms with van der Waals surface area (Å²) in [5.74, 6) is 0.336. The summed E-state index contributed by atoms with van der Waals surface area (Å²) in [5.41, 5.74) is 5.98. The van der Waals surface area contributed by atoms with Crippen LogP contribution in [0.1, 0.15) is 21.7 Å². The minimum Gasteiger partial charge on any atom is -0.489 e. The Morgan fingerprint density at radius 1 is 1.03 bits per heavy atom. The van der Waals surface area contributed by atoms with Gasteiger partial charge in [0, 0.05) is 11.8 Å². The second kappa shape index (κ2) is 9.29. The Balaban J connectivity index is 1.39. The lowest BCUT2D eigenvalue weighted by Gasteiger charge is -2.07. The third kappa shape index (κ3) is 4.96. The molecule has 2 heterocycles. The molecule has 1 amide bonds. The Morgan fingerprint density at radius 2 is 1.90 bits per heavy atom. The van der Waals surface area contributed by atoms with Gasteiger partial charge in [-0.3, -0.25) is 14.9 Å². The molecule has 0 aliphatic heterocycles. The van der Waals surface area contributed by atoms with Crippen molar-refractivity contribution in [3.63, 3.8) is 0 Å². The number of benzene rings is 2. The molecule has 0 unspecified atom stereocenters. The number of nitrogens with zero attached hydrogens (tertiary/aromatic N) is 3. The molecule has 0 radical (unpaired) electrons. The van der Waals surface area contributed by atoms with Crippen LogP contribution in [-0.2, 0) is 6.61 Å². The summed E-state index contributed by atoms with van der Waals surface area (Å²) in [4.78, 5) is 16.4. The zero-order valence-corrected chi connectivity index (χ0v) is 16.0. The van der Waals surface area contributed by atoms with Gasteiger partial charge in [0.15, 0.2) is 0 Å². The highest BCUT2D eigenvalue weighted by Gasteiger charge is 2.11. The molecular weight excluding hydrogens is 378 g/mol. The molecule has 148 valence electrons. The van der Waals surface area contributed by atoms with Crippen molar-refractivity contribution in [2.45, 2.75) is 6.61 Å². The molecule has 0 aliphatic rings. The molecule has 2 aromatic heterocycles. The number of nitrogens with one attached hydrogen (secondary N) is 2. The van der Waals surface area contributed by atoms with Crippen molar-refractivity contribution in [1.82, 2.24) is 20.6 Å². The summed E-state index contributed by atoms with van der Waals surface area (Å²) in [6.45, 7) is 0.479. The molecule has 0 saturated carbocycles. The Kier molecular flexibility index (Phi) is 5.91. The molecule has 0 spiro atoms. The van der Waals surface area contributed by atoms with E-state index < -0.39 is 5.91 Å². The van der Waals surface area contributed by atoms with E-state index >= 15 is 0 Å². The van der Waals surface area contributed by atoms with Gasteiger partial charge >= 0.3 is 0 Å². The van der Waals surface area contributed by atoms with E-state index in [-0.39, 0.29) is 0 Å². The monoisotopic (exact) mass is 397 g/mol. The molecule has 7 nitrogen and oxygen atoms in total. The normalized spacial score (nSPS) is 10.8. The van der Waals surface area contributed by atoms with Crippen LogP contribution in [0.3, 0.4) is 0 Å². The number of rotatable bonds is 7. The van der Waals surface area contributed by atoms with Crippen LogP contribution in [0.25, 0.3) is 11.3 Å². The Hall–Kier alpha value is -4.26. The van der Waals surface area contributed by atoms with Gasteiger partial charge in [-0.05, 0) is 35.9 Å². The van der Waals surface area contributed by atoms with Crippen LogP contribution < -0.4 is 10.2 Å². The van der Waals surface area contributed by atoms with Gasteiger partial charge in [-0.15, -0.1) is 0 Å². The number of carbonyl (C=O) groups is 1. The Morgan fingerprint density at radius 3 is 2.73 bits per heavy atom. The fourth-order valence-corrected chi connectivity index (χ4v) is 2.74. The minimum absolute atomic E-state index is 0.304. The molecule has 4 rings (SSSR count). The van der Waals surface area contributed by atoms with Crippen molar-refractivity contribution in [2.75, 3.05) is 0 Å². The van der Waals surface area contributed by atoms with Gasteiger partial charge in [0.2, 0.25) is 0 Å². The first-order chi connectivity index (χ1) is 14.8. The third-order valence-corrected chi connectivity index (χ3v) is 4.25. The summed E-state index contributed by atoms with van der Waals surface area (Å²) in [6, 6.07) is 24.6. The fourth-order valence-electron chi connectivity index (χ4n) is 2.74. The van der Waals surface area contributed by atoms with Crippen LogP contribution in [0, 0.1) is 0 Å². The van der Waals surface area contributed by atoms with Crippen molar-refractivity contribution in [3.05, 3.63) is 102 Å². The second-order valence-corrected chi connectivity index (χ2v) is 6.42. The largest absolute Gasteiger partial charge is 0.489 e.